The lowest BCUT2D eigenvalue weighted by Gasteiger charge is -2.28. The van der Waals surface area contributed by atoms with Gasteiger partial charge in [0.15, 0.2) is 5.75 Å². The summed E-state index contributed by atoms with van der Waals surface area (Å²) in [4.78, 5) is 28.1. The van der Waals surface area contributed by atoms with Crippen LogP contribution in [0.15, 0.2) is 29.4 Å². The van der Waals surface area contributed by atoms with E-state index < -0.39 is 23.4 Å². The third-order valence-corrected chi connectivity index (χ3v) is 2.33. The summed E-state index contributed by atoms with van der Waals surface area (Å²) in [6.45, 7) is 4.84. The van der Waals surface area contributed by atoms with Gasteiger partial charge in [-0.2, -0.15) is 0 Å². The van der Waals surface area contributed by atoms with Crippen LogP contribution in [0.3, 0.4) is 0 Å². The average Bonchev–Trinajstić information content (AvgIpc) is 2.29. The number of esters is 2. The highest BCUT2D eigenvalue weighted by Gasteiger charge is 2.41. The molecule has 100 valence electrons. The van der Waals surface area contributed by atoms with Gasteiger partial charge >= 0.3 is 11.9 Å². The highest BCUT2D eigenvalue weighted by Crippen LogP contribution is 2.18. The first-order valence-corrected chi connectivity index (χ1v) is 5.66. The second-order valence-corrected chi connectivity index (χ2v) is 4.52. The van der Waals surface area contributed by atoms with Crippen molar-refractivity contribution in [2.24, 2.45) is 5.16 Å². The first-order valence-electron chi connectivity index (χ1n) is 5.66. The molecule has 1 fully saturated rings. The molecule has 0 aliphatic carbocycles. The number of cyclic esters (lactones) is 2. The van der Waals surface area contributed by atoms with Crippen LogP contribution in [0.5, 0.6) is 5.75 Å². The van der Waals surface area contributed by atoms with Crippen molar-refractivity contribution >= 4 is 17.7 Å². The Bertz CT molecular complexity index is 523. The summed E-state index contributed by atoms with van der Waals surface area (Å²) in [5.41, 5.74) is 0.540. The summed E-state index contributed by atoms with van der Waals surface area (Å²) < 4.78 is 9.74. The SMILES string of the molecule is Cc1ccc(ON=C2C(=O)OC(C)(C)OC2=O)cc1. The molecule has 0 bridgehead atoms. The monoisotopic (exact) mass is 263 g/mol. The van der Waals surface area contributed by atoms with Crippen molar-refractivity contribution in [3.8, 4) is 5.75 Å². The molecule has 2 rings (SSSR count). The maximum absolute atomic E-state index is 11.6. The van der Waals surface area contributed by atoms with Gasteiger partial charge in [0.1, 0.15) is 0 Å². The fourth-order valence-corrected chi connectivity index (χ4v) is 1.42. The number of oxime groups is 1. The van der Waals surface area contributed by atoms with Crippen LogP contribution in [0.1, 0.15) is 19.4 Å². The molecule has 1 heterocycles. The number of rotatable bonds is 2. The second-order valence-electron chi connectivity index (χ2n) is 4.52. The Morgan fingerprint density at radius 2 is 1.58 bits per heavy atom. The van der Waals surface area contributed by atoms with Gasteiger partial charge in [-0.3, -0.25) is 0 Å². The number of carbonyl (C=O) groups excluding carboxylic acids is 2. The van der Waals surface area contributed by atoms with Gasteiger partial charge in [-0.05, 0) is 19.1 Å². The Morgan fingerprint density at radius 1 is 1.05 bits per heavy atom. The highest BCUT2D eigenvalue weighted by molar-refractivity contribution is 6.63. The highest BCUT2D eigenvalue weighted by atomic mass is 16.7. The van der Waals surface area contributed by atoms with E-state index in [2.05, 4.69) is 5.16 Å². The van der Waals surface area contributed by atoms with Crippen molar-refractivity contribution in [1.29, 1.82) is 0 Å². The molecule has 1 aromatic carbocycles. The van der Waals surface area contributed by atoms with Crippen molar-refractivity contribution in [2.45, 2.75) is 26.6 Å². The van der Waals surface area contributed by atoms with E-state index in [1.54, 1.807) is 12.1 Å². The normalized spacial score (nSPS) is 17.5. The molecule has 0 spiro atoms. The minimum Gasteiger partial charge on any atom is -0.418 e. The average molecular weight is 263 g/mol. The van der Waals surface area contributed by atoms with Crippen molar-refractivity contribution in [3.05, 3.63) is 29.8 Å². The number of ether oxygens (including phenoxy) is 2. The van der Waals surface area contributed by atoms with Gasteiger partial charge in [0.05, 0.1) is 0 Å². The molecule has 0 N–H and O–H groups in total. The number of hydrogen-bond donors (Lipinski definition) is 0. The molecule has 6 heteroatoms. The molecule has 0 radical (unpaired) electrons. The van der Waals surface area contributed by atoms with Crippen molar-refractivity contribution in [3.63, 3.8) is 0 Å². The molecule has 1 saturated heterocycles. The summed E-state index contributed by atoms with van der Waals surface area (Å²) in [5, 5.41) is 3.48. The molecule has 0 saturated carbocycles. The molecule has 6 nitrogen and oxygen atoms in total. The molecule has 0 aromatic heterocycles. The molecular weight excluding hydrogens is 250 g/mol. The van der Waals surface area contributed by atoms with Crippen LogP contribution in [-0.2, 0) is 19.1 Å². The topological polar surface area (TPSA) is 74.2 Å². The van der Waals surface area contributed by atoms with Crippen LogP contribution >= 0.6 is 0 Å². The molecule has 1 aromatic rings. The van der Waals surface area contributed by atoms with E-state index in [1.807, 2.05) is 19.1 Å². The smallest absolute Gasteiger partial charge is 0.371 e. The zero-order chi connectivity index (χ0) is 14.0. The van der Waals surface area contributed by atoms with E-state index in [-0.39, 0.29) is 0 Å². The van der Waals surface area contributed by atoms with Gasteiger partial charge in [0.2, 0.25) is 0 Å². The Balaban J connectivity index is 2.13. The molecule has 19 heavy (non-hydrogen) atoms. The third-order valence-electron chi connectivity index (χ3n) is 2.33. The summed E-state index contributed by atoms with van der Waals surface area (Å²) in [7, 11) is 0. The summed E-state index contributed by atoms with van der Waals surface area (Å²) in [6.07, 6.45) is 0. The molecule has 1 aliphatic rings. The zero-order valence-electron chi connectivity index (χ0n) is 10.8. The predicted octanol–water partition coefficient (Wildman–Crippen LogP) is 1.57. The maximum Gasteiger partial charge on any atom is 0.371 e. The lowest BCUT2D eigenvalue weighted by molar-refractivity contribution is -0.215. The van der Waals surface area contributed by atoms with E-state index in [0.717, 1.165) is 5.56 Å². The minimum absolute atomic E-state index is 0.406. The van der Waals surface area contributed by atoms with Crippen molar-refractivity contribution in [2.75, 3.05) is 0 Å². The zero-order valence-corrected chi connectivity index (χ0v) is 10.8. The molecule has 0 unspecified atom stereocenters. The Kier molecular flexibility index (Phi) is 3.25. The number of nitrogens with zero attached hydrogens (tertiary/aromatic N) is 1. The van der Waals surface area contributed by atoms with E-state index >= 15 is 0 Å². The fourth-order valence-electron chi connectivity index (χ4n) is 1.42. The van der Waals surface area contributed by atoms with Gasteiger partial charge < -0.3 is 14.3 Å². The summed E-state index contributed by atoms with van der Waals surface area (Å²) in [5.74, 6) is -2.61. The van der Waals surface area contributed by atoms with Crippen LogP contribution in [0.4, 0.5) is 0 Å². The van der Waals surface area contributed by atoms with Crippen LogP contribution in [0, 0.1) is 6.92 Å². The van der Waals surface area contributed by atoms with Crippen molar-refractivity contribution in [1.82, 2.24) is 0 Å². The molecule has 1 aliphatic heterocycles. The Morgan fingerprint density at radius 3 is 2.11 bits per heavy atom. The molecular formula is C13H13NO5. The largest absolute Gasteiger partial charge is 0.418 e. The van der Waals surface area contributed by atoms with Gasteiger partial charge in [0, 0.05) is 13.8 Å². The number of aryl methyl sites for hydroxylation is 1. The first kappa shape index (κ1) is 13.1. The van der Waals surface area contributed by atoms with Crippen LogP contribution in [0.25, 0.3) is 0 Å². The number of hydrogen-bond acceptors (Lipinski definition) is 6. The van der Waals surface area contributed by atoms with Crippen molar-refractivity contribution < 1.29 is 23.9 Å². The van der Waals surface area contributed by atoms with E-state index in [0.29, 0.717) is 5.75 Å². The summed E-state index contributed by atoms with van der Waals surface area (Å²) >= 11 is 0. The Labute approximate surface area is 109 Å². The predicted molar refractivity (Wildman–Crippen MR) is 65.5 cm³/mol. The maximum atomic E-state index is 11.6. The molecule has 0 atom stereocenters. The lowest BCUT2D eigenvalue weighted by atomic mass is 10.2. The van der Waals surface area contributed by atoms with Gasteiger partial charge in [-0.25, -0.2) is 9.59 Å². The minimum atomic E-state index is -1.28. The lowest BCUT2D eigenvalue weighted by Crippen LogP contribution is -2.47. The molecule has 0 amide bonds. The number of benzene rings is 1. The summed E-state index contributed by atoms with van der Waals surface area (Å²) in [6, 6.07) is 6.97. The third kappa shape index (κ3) is 3.09. The van der Waals surface area contributed by atoms with E-state index in [1.165, 1.54) is 13.8 Å². The van der Waals surface area contributed by atoms with Crippen LogP contribution in [0.2, 0.25) is 0 Å². The first-order chi connectivity index (χ1) is 8.87. The fraction of sp³-hybridized carbons (Fsp3) is 0.308. The van der Waals surface area contributed by atoms with E-state index in [9.17, 15) is 9.59 Å². The second kappa shape index (κ2) is 4.72. The van der Waals surface area contributed by atoms with Gasteiger partial charge in [0.25, 0.3) is 11.5 Å². The van der Waals surface area contributed by atoms with Crippen LogP contribution < -0.4 is 4.84 Å². The quantitative estimate of drug-likeness (QED) is 0.598. The number of carbonyl (C=O) groups is 2. The van der Waals surface area contributed by atoms with Crippen LogP contribution in [-0.4, -0.2) is 23.4 Å². The standard InChI is InChI=1S/C13H13NO5/c1-8-4-6-9(7-5-8)19-14-10-11(15)17-13(2,3)18-12(10)16/h4-7H,1-3H3. The Hall–Kier alpha value is -2.37. The van der Waals surface area contributed by atoms with Gasteiger partial charge in [-0.1, -0.05) is 22.9 Å². The van der Waals surface area contributed by atoms with Gasteiger partial charge in [-0.15, -0.1) is 0 Å². The van der Waals surface area contributed by atoms with E-state index in [4.69, 9.17) is 14.3 Å².